The zero-order chi connectivity index (χ0) is 13.1. The van der Waals surface area contributed by atoms with Crippen molar-refractivity contribution in [3.05, 3.63) is 57.8 Å². The first kappa shape index (κ1) is 12.8. The summed E-state index contributed by atoms with van der Waals surface area (Å²) in [5.74, 6) is -0.120. The van der Waals surface area contributed by atoms with Gasteiger partial charge in [-0.05, 0) is 43.2 Å². The lowest BCUT2D eigenvalue weighted by atomic mass is 10.1. The van der Waals surface area contributed by atoms with Gasteiger partial charge in [0.15, 0.2) is 0 Å². The minimum atomic E-state index is -0.120. The fourth-order valence-corrected chi connectivity index (χ4v) is 2.00. The number of carbonyl (C=O) groups is 1. The van der Waals surface area contributed by atoms with Crippen LogP contribution in [0.2, 0.25) is 0 Å². The number of amides is 1. The molecule has 0 radical (unpaired) electrons. The van der Waals surface area contributed by atoms with Gasteiger partial charge in [-0.3, -0.25) is 9.78 Å². The first-order chi connectivity index (χ1) is 8.59. The Kier molecular flexibility index (Phi) is 3.77. The number of pyridine rings is 1. The Labute approximate surface area is 114 Å². The maximum Gasteiger partial charge on any atom is 0.256 e. The molecule has 0 aliphatic carbocycles. The van der Waals surface area contributed by atoms with Crippen molar-refractivity contribution in [1.29, 1.82) is 0 Å². The maximum absolute atomic E-state index is 12.2. The molecule has 0 bridgehead atoms. The van der Waals surface area contributed by atoms with E-state index in [1.807, 2.05) is 32.0 Å². The molecule has 0 aliphatic rings. The molecule has 1 aromatic heterocycles. The molecule has 0 atom stereocenters. The van der Waals surface area contributed by atoms with Gasteiger partial charge in [0.1, 0.15) is 0 Å². The fraction of sp³-hybridized carbons (Fsp3) is 0.143. The zero-order valence-corrected chi connectivity index (χ0v) is 11.8. The van der Waals surface area contributed by atoms with Gasteiger partial charge in [-0.25, -0.2) is 0 Å². The number of benzene rings is 1. The number of nitrogens with one attached hydrogen (secondary N) is 1. The van der Waals surface area contributed by atoms with Gasteiger partial charge in [0, 0.05) is 16.2 Å². The van der Waals surface area contributed by atoms with E-state index in [0.717, 1.165) is 21.3 Å². The molecule has 0 unspecified atom stereocenters. The third-order valence-corrected chi connectivity index (χ3v) is 3.66. The van der Waals surface area contributed by atoms with Crippen LogP contribution >= 0.6 is 15.9 Å². The molecule has 1 N–H and O–H groups in total. The summed E-state index contributed by atoms with van der Waals surface area (Å²) in [4.78, 5) is 16.2. The average molecular weight is 305 g/mol. The molecule has 3 nitrogen and oxygen atoms in total. The summed E-state index contributed by atoms with van der Waals surface area (Å²) in [5.41, 5.74) is 3.32. The van der Waals surface area contributed by atoms with E-state index < -0.39 is 0 Å². The number of anilines is 1. The van der Waals surface area contributed by atoms with Crippen LogP contribution < -0.4 is 5.32 Å². The van der Waals surface area contributed by atoms with Gasteiger partial charge < -0.3 is 5.32 Å². The van der Waals surface area contributed by atoms with Crippen LogP contribution in [0.4, 0.5) is 5.69 Å². The predicted octanol–water partition coefficient (Wildman–Crippen LogP) is 3.71. The molecule has 2 rings (SSSR count). The van der Waals surface area contributed by atoms with E-state index in [0.29, 0.717) is 5.56 Å². The summed E-state index contributed by atoms with van der Waals surface area (Å²) in [7, 11) is 0. The van der Waals surface area contributed by atoms with E-state index in [1.54, 1.807) is 18.5 Å². The Morgan fingerprint density at radius 2 is 2.06 bits per heavy atom. The van der Waals surface area contributed by atoms with E-state index in [2.05, 4.69) is 26.2 Å². The van der Waals surface area contributed by atoms with Crippen LogP contribution in [-0.2, 0) is 0 Å². The van der Waals surface area contributed by atoms with Crippen molar-refractivity contribution in [3.8, 4) is 0 Å². The second kappa shape index (κ2) is 5.31. The lowest BCUT2D eigenvalue weighted by Gasteiger charge is -2.10. The number of carbonyl (C=O) groups excluding carboxylic acids is 1. The normalized spacial score (nSPS) is 10.2. The number of hydrogen-bond donors (Lipinski definition) is 1. The highest BCUT2D eigenvalue weighted by atomic mass is 79.9. The first-order valence-electron chi connectivity index (χ1n) is 5.56. The van der Waals surface area contributed by atoms with Crippen molar-refractivity contribution in [3.63, 3.8) is 0 Å². The van der Waals surface area contributed by atoms with Crippen LogP contribution in [0, 0.1) is 13.8 Å². The van der Waals surface area contributed by atoms with Crippen molar-refractivity contribution >= 4 is 27.5 Å². The fourth-order valence-electron chi connectivity index (χ4n) is 1.64. The number of aromatic nitrogens is 1. The number of rotatable bonds is 2. The van der Waals surface area contributed by atoms with Gasteiger partial charge >= 0.3 is 0 Å². The van der Waals surface area contributed by atoms with Gasteiger partial charge in [0.25, 0.3) is 5.91 Å². The Hall–Kier alpha value is -1.68. The smallest absolute Gasteiger partial charge is 0.256 e. The molecule has 2 aromatic rings. The molecule has 1 amide bonds. The summed E-state index contributed by atoms with van der Waals surface area (Å²) in [5, 5.41) is 2.87. The Morgan fingerprint density at radius 1 is 1.28 bits per heavy atom. The molecule has 0 saturated heterocycles. The largest absolute Gasteiger partial charge is 0.320 e. The lowest BCUT2D eigenvalue weighted by molar-refractivity contribution is 0.102. The first-order valence-corrected chi connectivity index (χ1v) is 6.36. The van der Waals surface area contributed by atoms with E-state index in [1.165, 1.54) is 0 Å². The molecule has 1 heterocycles. The quantitative estimate of drug-likeness (QED) is 0.919. The Balaban J connectivity index is 2.28. The highest BCUT2D eigenvalue weighted by Gasteiger charge is 2.11. The molecule has 0 aliphatic heterocycles. The van der Waals surface area contributed by atoms with Gasteiger partial charge in [0.05, 0.1) is 11.9 Å². The molecular weight excluding hydrogens is 292 g/mol. The highest BCUT2D eigenvalue weighted by Crippen LogP contribution is 2.21. The third-order valence-electron chi connectivity index (χ3n) is 2.80. The van der Waals surface area contributed by atoms with E-state index in [4.69, 9.17) is 0 Å². The monoisotopic (exact) mass is 304 g/mol. The zero-order valence-electron chi connectivity index (χ0n) is 10.2. The number of nitrogens with zero attached hydrogens (tertiary/aromatic N) is 1. The number of halogens is 1. The van der Waals surface area contributed by atoms with Crippen LogP contribution in [0.5, 0.6) is 0 Å². The van der Waals surface area contributed by atoms with Gasteiger partial charge in [-0.2, -0.15) is 0 Å². The molecule has 1 aromatic carbocycles. The molecule has 0 spiro atoms. The van der Waals surface area contributed by atoms with E-state index in [9.17, 15) is 4.79 Å². The number of hydrogen-bond acceptors (Lipinski definition) is 2. The number of aryl methyl sites for hydroxylation is 1. The van der Waals surface area contributed by atoms with Crippen molar-refractivity contribution in [1.82, 2.24) is 4.98 Å². The molecule has 0 fully saturated rings. The summed E-state index contributed by atoms with van der Waals surface area (Å²) in [6.45, 7) is 3.85. The maximum atomic E-state index is 12.2. The van der Waals surface area contributed by atoms with Crippen LogP contribution in [0.3, 0.4) is 0 Å². The summed E-state index contributed by atoms with van der Waals surface area (Å²) in [6.07, 6.45) is 3.36. The van der Waals surface area contributed by atoms with Crippen molar-refractivity contribution in [2.75, 3.05) is 5.32 Å². The van der Waals surface area contributed by atoms with Crippen LogP contribution in [-0.4, -0.2) is 10.9 Å². The molecular formula is C14H13BrN2O. The van der Waals surface area contributed by atoms with Crippen LogP contribution in [0.15, 0.2) is 41.1 Å². The van der Waals surface area contributed by atoms with Crippen LogP contribution in [0.1, 0.15) is 21.5 Å². The average Bonchev–Trinajstić information content (AvgIpc) is 2.35. The van der Waals surface area contributed by atoms with Crippen molar-refractivity contribution in [2.45, 2.75) is 13.8 Å². The molecule has 0 saturated carbocycles. The lowest BCUT2D eigenvalue weighted by Crippen LogP contribution is -2.14. The van der Waals surface area contributed by atoms with Gasteiger partial charge in [-0.15, -0.1) is 0 Å². The summed E-state index contributed by atoms with van der Waals surface area (Å²) < 4.78 is 0.929. The predicted molar refractivity (Wildman–Crippen MR) is 75.8 cm³/mol. The van der Waals surface area contributed by atoms with Gasteiger partial charge in [0.2, 0.25) is 0 Å². The second-order valence-electron chi connectivity index (χ2n) is 4.06. The van der Waals surface area contributed by atoms with Crippen LogP contribution in [0.25, 0.3) is 0 Å². The highest BCUT2D eigenvalue weighted by molar-refractivity contribution is 9.10. The standard InChI is InChI=1S/C14H13BrN2O/c1-9-6-7-16-8-13(9)17-14(18)11-4-3-5-12(15)10(11)2/h3-8H,1-2H3,(H,17,18). The van der Waals surface area contributed by atoms with Crippen molar-refractivity contribution < 1.29 is 4.79 Å². The third kappa shape index (κ3) is 2.59. The molecule has 92 valence electrons. The SMILES string of the molecule is Cc1ccncc1NC(=O)c1cccc(Br)c1C. The Bertz CT molecular complexity index is 596. The second-order valence-corrected chi connectivity index (χ2v) is 4.91. The van der Waals surface area contributed by atoms with Gasteiger partial charge in [-0.1, -0.05) is 22.0 Å². The van der Waals surface area contributed by atoms with E-state index >= 15 is 0 Å². The Morgan fingerprint density at radius 3 is 2.78 bits per heavy atom. The minimum absolute atomic E-state index is 0.120. The van der Waals surface area contributed by atoms with E-state index in [-0.39, 0.29) is 5.91 Å². The minimum Gasteiger partial charge on any atom is -0.320 e. The summed E-state index contributed by atoms with van der Waals surface area (Å²) >= 11 is 3.42. The van der Waals surface area contributed by atoms with Crippen molar-refractivity contribution in [2.24, 2.45) is 0 Å². The molecule has 18 heavy (non-hydrogen) atoms. The topological polar surface area (TPSA) is 42.0 Å². The molecule has 4 heteroatoms. The summed E-state index contributed by atoms with van der Waals surface area (Å²) in [6, 6.07) is 7.44.